The Morgan fingerprint density at radius 2 is 1.96 bits per heavy atom. The Morgan fingerprint density at radius 3 is 2.80 bits per heavy atom. The number of pyridine rings is 2. The van der Waals surface area contributed by atoms with Crippen LogP contribution < -0.4 is 10.9 Å². The third-order valence-electron chi connectivity index (χ3n) is 3.91. The van der Waals surface area contributed by atoms with Crippen LogP contribution in [0, 0.1) is 0 Å². The van der Waals surface area contributed by atoms with Crippen LogP contribution in [0.2, 0.25) is 0 Å². The lowest BCUT2D eigenvalue weighted by Crippen LogP contribution is -2.32. The van der Waals surface area contributed by atoms with Crippen LogP contribution in [0.4, 0.5) is 0 Å². The zero-order valence-corrected chi connectivity index (χ0v) is 13.2. The molecule has 25 heavy (non-hydrogen) atoms. The fraction of sp³-hybridized carbons (Fsp3) is 0.118. The van der Waals surface area contributed by atoms with Gasteiger partial charge in [-0.05, 0) is 23.8 Å². The summed E-state index contributed by atoms with van der Waals surface area (Å²) in [5.74, 6) is -0.244. The maximum atomic E-state index is 12.6. The first-order valence-electron chi connectivity index (χ1n) is 7.70. The van der Waals surface area contributed by atoms with Gasteiger partial charge < -0.3 is 9.88 Å². The maximum absolute atomic E-state index is 12.6. The summed E-state index contributed by atoms with van der Waals surface area (Å²) < 4.78 is 2.96. The minimum atomic E-state index is -0.276. The lowest BCUT2D eigenvalue weighted by atomic mass is 10.2. The van der Waals surface area contributed by atoms with Gasteiger partial charge in [0.25, 0.3) is 5.56 Å². The molecule has 124 valence electrons. The Kier molecular flexibility index (Phi) is 3.70. The fourth-order valence-corrected chi connectivity index (χ4v) is 2.64. The van der Waals surface area contributed by atoms with Gasteiger partial charge in [-0.1, -0.05) is 0 Å². The first-order chi connectivity index (χ1) is 12.2. The van der Waals surface area contributed by atoms with E-state index in [1.165, 1.54) is 10.8 Å². The van der Waals surface area contributed by atoms with Crippen molar-refractivity contribution in [2.75, 3.05) is 0 Å². The zero-order chi connectivity index (χ0) is 17.2. The molecule has 8 heteroatoms. The van der Waals surface area contributed by atoms with E-state index in [4.69, 9.17) is 0 Å². The van der Waals surface area contributed by atoms with E-state index in [0.717, 1.165) is 5.56 Å². The topological polar surface area (TPSA) is 94.2 Å². The molecule has 0 saturated carbocycles. The number of fused-ring (bicyclic) bond motifs is 3. The summed E-state index contributed by atoms with van der Waals surface area (Å²) in [6, 6.07) is 7.17. The van der Waals surface area contributed by atoms with Crippen molar-refractivity contribution in [3.63, 3.8) is 0 Å². The van der Waals surface area contributed by atoms with E-state index >= 15 is 0 Å². The Labute approximate surface area is 141 Å². The standard InChI is InChI=1S/C17H14N6O2/c24-16(20-9-12-1-5-18-6-2-12)11-22-8-4-14-13(17(22)25)10-19-15-3-7-21-23(14)15/h1-8,10H,9,11H2,(H,20,24). The molecule has 0 aliphatic heterocycles. The summed E-state index contributed by atoms with van der Waals surface area (Å²) in [5.41, 5.74) is 1.99. The van der Waals surface area contributed by atoms with Crippen LogP contribution in [0.5, 0.6) is 0 Å². The molecule has 4 aromatic rings. The second kappa shape index (κ2) is 6.16. The third-order valence-corrected chi connectivity index (χ3v) is 3.91. The number of nitrogens with zero attached hydrogens (tertiary/aromatic N) is 5. The Hall–Kier alpha value is -3.55. The second-order valence-corrected chi connectivity index (χ2v) is 5.54. The molecule has 0 atom stereocenters. The molecule has 0 fully saturated rings. The summed E-state index contributed by atoms with van der Waals surface area (Å²) in [6.07, 6.45) is 8.06. The number of hydrogen-bond acceptors (Lipinski definition) is 5. The predicted molar refractivity (Wildman–Crippen MR) is 90.8 cm³/mol. The van der Waals surface area contributed by atoms with Gasteiger partial charge in [0.1, 0.15) is 6.54 Å². The van der Waals surface area contributed by atoms with Gasteiger partial charge in [0.2, 0.25) is 5.91 Å². The maximum Gasteiger partial charge on any atom is 0.262 e. The molecule has 0 unspecified atom stereocenters. The molecule has 1 amide bonds. The van der Waals surface area contributed by atoms with Crippen molar-refractivity contribution in [3.05, 3.63) is 71.2 Å². The van der Waals surface area contributed by atoms with Gasteiger partial charge in [-0.3, -0.25) is 14.6 Å². The van der Waals surface area contributed by atoms with Crippen molar-refractivity contribution in [2.45, 2.75) is 13.1 Å². The van der Waals surface area contributed by atoms with E-state index in [9.17, 15) is 9.59 Å². The van der Waals surface area contributed by atoms with Crippen LogP contribution in [-0.4, -0.2) is 30.1 Å². The van der Waals surface area contributed by atoms with Crippen LogP contribution in [-0.2, 0) is 17.9 Å². The van der Waals surface area contributed by atoms with E-state index in [2.05, 4.69) is 20.4 Å². The van der Waals surface area contributed by atoms with Crippen molar-refractivity contribution < 1.29 is 4.79 Å². The lowest BCUT2D eigenvalue weighted by molar-refractivity contribution is -0.121. The average Bonchev–Trinajstić information content (AvgIpc) is 3.12. The zero-order valence-electron chi connectivity index (χ0n) is 13.2. The molecule has 0 spiro atoms. The molecule has 0 radical (unpaired) electrons. The number of nitrogens with one attached hydrogen (secondary N) is 1. The molecular weight excluding hydrogens is 320 g/mol. The normalized spacial score (nSPS) is 11.0. The molecule has 4 aromatic heterocycles. The second-order valence-electron chi connectivity index (χ2n) is 5.54. The molecule has 1 N–H and O–H groups in total. The van der Waals surface area contributed by atoms with Gasteiger partial charge in [-0.25, -0.2) is 9.50 Å². The van der Waals surface area contributed by atoms with Crippen molar-refractivity contribution >= 4 is 22.5 Å². The molecular formula is C17H14N6O2. The van der Waals surface area contributed by atoms with E-state index in [1.54, 1.807) is 41.4 Å². The lowest BCUT2D eigenvalue weighted by Gasteiger charge is -2.09. The van der Waals surface area contributed by atoms with E-state index < -0.39 is 0 Å². The van der Waals surface area contributed by atoms with Gasteiger partial charge in [0, 0.05) is 37.4 Å². The van der Waals surface area contributed by atoms with Crippen LogP contribution in [0.15, 0.2) is 60.0 Å². The Balaban J connectivity index is 1.57. The summed E-state index contributed by atoms with van der Waals surface area (Å²) in [4.78, 5) is 32.9. The minimum absolute atomic E-state index is 0.0585. The first-order valence-corrected chi connectivity index (χ1v) is 7.70. The highest BCUT2D eigenvalue weighted by atomic mass is 16.2. The first kappa shape index (κ1) is 15.0. The van der Waals surface area contributed by atoms with E-state index in [-0.39, 0.29) is 18.0 Å². The summed E-state index contributed by atoms with van der Waals surface area (Å²) in [5, 5.41) is 7.37. The average molecular weight is 334 g/mol. The Bertz CT molecular complexity index is 1120. The monoisotopic (exact) mass is 334 g/mol. The van der Waals surface area contributed by atoms with Crippen LogP contribution >= 0.6 is 0 Å². The molecule has 0 aromatic carbocycles. The molecule has 8 nitrogen and oxygen atoms in total. The highest BCUT2D eigenvalue weighted by molar-refractivity contribution is 5.80. The highest BCUT2D eigenvalue weighted by Gasteiger charge is 2.10. The van der Waals surface area contributed by atoms with Crippen LogP contribution in [0.25, 0.3) is 16.6 Å². The van der Waals surface area contributed by atoms with Gasteiger partial charge >= 0.3 is 0 Å². The summed E-state index contributed by atoms with van der Waals surface area (Å²) in [7, 11) is 0. The number of carbonyl (C=O) groups is 1. The van der Waals surface area contributed by atoms with Crippen LogP contribution in [0.3, 0.4) is 0 Å². The molecule has 4 rings (SSSR count). The number of hydrogen-bond donors (Lipinski definition) is 1. The molecule has 0 aliphatic carbocycles. The van der Waals surface area contributed by atoms with Crippen LogP contribution in [0.1, 0.15) is 5.56 Å². The number of carbonyl (C=O) groups excluding carboxylic acids is 1. The van der Waals surface area contributed by atoms with Gasteiger partial charge in [0.15, 0.2) is 5.65 Å². The quantitative estimate of drug-likeness (QED) is 0.594. The summed E-state index contributed by atoms with van der Waals surface area (Å²) in [6.45, 7) is 0.330. The summed E-state index contributed by atoms with van der Waals surface area (Å²) >= 11 is 0. The third kappa shape index (κ3) is 2.85. The van der Waals surface area contributed by atoms with Gasteiger partial charge in [-0.2, -0.15) is 5.10 Å². The van der Waals surface area contributed by atoms with E-state index in [1.807, 2.05) is 12.1 Å². The predicted octanol–water partition coefficient (Wildman–Crippen LogP) is 0.756. The van der Waals surface area contributed by atoms with Gasteiger partial charge in [-0.15, -0.1) is 0 Å². The number of aromatic nitrogens is 5. The van der Waals surface area contributed by atoms with Gasteiger partial charge in [0.05, 0.1) is 17.1 Å². The SMILES string of the molecule is O=C(Cn1ccc2c(cnc3ccnn32)c1=O)NCc1ccncc1. The number of amides is 1. The molecule has 0 aliphatic rings. The molecule has 0 bridgehead atoms. The highest BCUT2D eigenvalue weighted by Crippen LogP contribution is 2.10. The van der Waals surface area contributed by atoms with Crippen molar-refractivity contribution in [3.8, 4) is 0 Å². The van der Waals surface area contributed by atoms with Crippen molar-refractivity contribution in [2.24, 2.45) is 0 Å². The largest absolute Gasteiger partial charge is 0.350 e. The van der Waals surface area contributed by atoms with Crippen molar-refractivity contribution in [1.29, 1.82) is 0 Å². The Morgan fingerprint density at radius 1 is 1.12 bits per heavy atom. The smallest absolute Gasteiger partial charge is 0.262 e. The molecule has 4 heterocycles. The minimum Gasteiger partial charge on any atom is -0.350 e. The van der Waals surface area contributed by atoms with Crippen molar-refractivity contribution in [1.82, 2.24) is 29.5 Å². The number of rotatable bonds is 4. The molecule has 0 saturated heterocycles. The van der Waals surface area contributed by atoms with E-state index in [0.29, 0.717) is 23.1 Å². The fourth-order valence-electron chi connectivity index (χ4n) is 2.64.